The molecule has 72 valence electrons. The second kappa shape index (κ2) is 4.30. The minimum atomic E-state index is -4.44. The Labute approximate surface area is 67.6 Å². The molecule has 2 N–H and O–H groups in total. The van der Waals surface area contributed by atoms with Crippen LogP contribution in [0.15, 0.2) is 0 Å². The standard InChI is InChI=1S/C6H10F3NO2/c1-2-10-4(5(11)12)3-6(7,8)9/h4,10H,2-3H2,1H3,(H,11,12). The first-order chi connectivity index (χ1) is 5.37. The third-order valence-electron chi connectivity index (χ3n) is 1.18. The highest BCUT2D eigenvalue weighted by Crippen LogP contribution is 2.21. The highest BCUT2D eigenvalue weighted by Gasteiger charge is 2.34. The van der Waals surface area contributed by atoms with Crippen molar-refractivity contribution in [3.63, 3.8) is 0 Å². The zero-order valence-corrected chi connectivity index (χ0v) is 6.48. The van der Waals surface area contributed by atoms with E-state index in [1.54, 1.807) is 6.92 Å². The molecule has 0 saturated carbocycles. The summed E-state index contributed by atoms with van der Waals surface area (Å²) in [4.78, 5) is 10.2. The average Bonchev–Trinajstić information content (AvgIpc) is 1.83. The Morgan fingerprint density at radius 1 is 1.58 bits per heavy atom. The molecule has 0 aromatic carbocycles. The molecule has 0 radical (unpaired) electrons. The molecule has 0 heterocycles. The van der Waals surface area contributed by atoms with E-state index in [9.17, 15) is 18.0 Å². The van der Waals surface area contributed by atoms with Crippen molar-refractivity contribution in [1.82, 2.24) is 5.32 Å². The van der Waals surface area contributed by atoms with Crippen LogP contribution in [0.25, 0.3) is 0 Å². The molecule has 0 aliphatic carbocycles. The average molecular weight is 185 g/mol. The van der Waals surface area contributed by atoms with Crippen LogP contribution in [-0.2, 0) is 4.79 Å². The van der Waals surface area contributed by atoms with E-state index in [1.165, 1.54) is 0 Å². The van der Waals surface area contributed by atoms with E-state index >= 15 is 0 Å². The van der Waals surface area contributed by atoms with Crippen LogP contribution in [0.1, 0.15) is 13.3 Å². The van der Waals surface area contributed by atoms with Gasteiger partial charge in [-0.25, -0.2) is 0 Å². The molecular weight excluding hydrogens is 175 g/mol. The van der Waals surface area contributed by atoms with Gasteiger partial charge in [0.1, 0.15) is 6.04 Å². The Morgan fingerprint density at radius 2 is 2.08 bits per heavy atom. The zero-order valence-electron chi connectivity index (χ0n) is 6.48. The third kappa shape index (κ3) is 4.95. The molecule has 3 nitrogen and oxygen atoms in total. The zero-order chi connectivity index (χ0) is 9.78. The molecule has 12 heavy (non-hydrogen) atoms. The van der Waals surface area contributed by atoms with Crippen LogP contribution >= 0.6 is 0 Å². The highest BCUT2D eigenvalue weighted by molar-refractivity contribution is 5.73. The predicted octanol–water partition coefficient (Wildman–Crippen LogP) is 1.00. The number of carboxylic acids is 1. The summed E-state index contributed by atoms with van der Waals surface area (Å²) in [6.45, 7) is 1.75. The maximum atomic E-state index is 11.7. The van der Waals surface area contributed by atoms with Crippen LogP contribution in [0.5, 0.6) is 0 Å². The van der Waals surface area contributed by atoms with E-state index < -0.39 is 24.6 Å². The van der Waals surface area contributed by atoms with E-state index in [2.05, 4.69) is 5.32 Å². The number of hydrogen-bond acceptors (Lipinski definition) is 2. The number of hydrogen-bond donors (Lipinski definition) is 2. The van der Waals surface area contributed by atoms with Crippen LogP contribution in [-0.4, -0.2) is 29.8 Å². The molecular formula is C6H10F3NO2. The van der Waals surface area contributed by atoms with Gasteiger partial charge in [0.05, 0.1) is 6.42 Å². The van der Waals surface area contributed by atoms with Crippen molar-refractivity contribution in [3.05, 3.63) is 0 Å². The summed E-state index contributed by atoms with van der Waals surface area (Å²) in [5, 5.41) is 10.5. The second-order valence-electron chi connectivity index (χ2n) is 2.27. The number of rotatable bonds is 4. The van der Waals surface area contributed by atoms with E-state index in [4.69, 9.17) is 5.11 Å². The Morgan fingerprint density at radius 3 is 2.33 bits per heavy atom. The lowest BCUT2D eigenvalue weighted by molar-refractivity contribution is -0.158. The fourth-order valence-electron chi connectivity index (χ4n) is 0.725. The molecule has 0 rings (SSSR count). The number of aliphatic carboxylic acids is 1. The molecule has 6 heteroatoms. The van der Waals surface area contributed by atoms with Gasteiger partial charge in [-0.15, -0.1) is 0 Å². The van der Waals surface area contributed by atoms with Gasteiger partial charge in [0.25, 0.3) is 0 Å². The molecule has 0 aromatic heterocycles. The van der Waals surface area contributed by atoms with E-state index in [1.807, 2.05) is 0 Å². The molecule has 0 amide bonds. The van der Waals surface area contributed by atoms with E-state index in [-0.39, 0.29) is 6.54 Å². The van der Waals surface area contributed by atoms with Crippen molar-refractivity contribution in [3.8, 4) is 0 Å². The van der Waals surface area contributed by atoms with Crippen molar-refractivity contribution < 1.29 is 23.1 Å². The Kier molecular flexibility index (Phi) is 4.02. The lowest BCUT2D eigenvalue weighted by Crippen LogP contribution is -2.40. The summed E-state index contributed by atoms with van der Waals surface area (Å²) in [6, 6.07) is -1.53. The molecule has 0 aromatic rings. The summed E-state index contributed by atoms with van der Waals surface area (Å²) in [5.74, 6) is -1.48. The summed E-state index contributed by atoms with van der Waals surface area (Å²) >= 11 is 0. The highest BCUT2D eigenvalue weighted by atomic mass is 19.4. The fourth-order valence-corrected chi connectivity index (χ4v) is 0.725. The Bertz CT molecular complexity index is 157. The van der Waals surface area contributed by atoms with Gasteiger partial charge in [0.15, 0.2) is 0 Å². The Hall–Kier alpha value is -0.780. The number of halogens is 3. The maximum absolute atomic E-state index is 11.7. The smallest absolute Gasteiger partial charge is 0.391 e. The van der Waals surface area contributed by atoms with Crippen molar-refractivity contribution in [1.29, 1.82) is 0 Å². The van der Waals surface area contributed by atoms with Crippen LogP contribution in [0.3, 0.4) is 0 Å². The Balaban J connectivity index is 4.05. The van der Waals surface area contributed by atoms with Gasteiger partial charge in [-0.05, 0) is 6.54 Å². The molecule has 0 fully saturated rings. The topological polar surface area (TPSA) is 49.3 Å². The number of nitrogens with one attached hydrogen (secondary N) is 1. The molecule has 1 atom stereocenters. The first kappa shape index (κ1) is 11.2. The molecule has 0 aliphatic heterocycles. The van der Waals surface area contributed by atoms with Crippen LogP contribution < -0.4 is 5.32 Å². The number of alkyl halides is 3. The molecule has 0 aliphatic rings. The van der Waals surface area contributed by atoms with Gasteiger partial charge in [0.2, 0.25) is 0 Å². The summed E-state index contributed by atoms with van der Waals surface area (Å²) in [7, 11) is 0. The largest absolute Gasteiger partial charge is 0.480 e. The summed E-state index contributed by atoms with van der Waals surface area (Å²) in [6.07, 6.45) is -5.78. The lowest BCUT2D eigenvalue weighted by Gasteiger charge is -2.14. The second-order valence-corrected chi connectivity index (χ2v) is 2.27. The van der Waals surface area contributed by atoms with Crippen molar-refractivity contribution in [2.75, 3.05) is 6.54 Å². The van der Waals surface area contributed by atoms with Gasteiger partial charge < -0.3 is 10.4 Å². The number of carboxylic acid groups (broad SMARTS) is 1. The van der Waals surface area contributed by atoms with Crippen molar-refractivity contribution in [2.45, 2.75) is 25.6 Å². The quantitative estimate of drug-likeness (QED) is 0.687. The molecule has 0 spiro atoms. The first-order valence-electron chi connectivity index (χ1n) is 3.39. The molecule has 0 bridgehead atoms. The van der Waals surface area contributed by atoms with Gasteiger partial charge in [0, 0.05) is 0 Å². The lowest BCUT2D eigenvalue weighted by atomic mass is 10.2. The van der Waals surface area contributed by atoms with Gasteiger partial charge in [-0.3, -0.25) is 4.79 Å². The van der Waals surface area contributed by atoms with Crippen LogP contribution in [0, 0.1) is 0 Å². The van der Waals surface area contributed by atoms with E-state index in [0.717, 1.165) is 0 Å². The molecule has 1 unspecified atom stereocenters. The monoisotopic (exact) mass is 185 g/mol. The van der Waals surface area contributed by atoms with Gasteiger partial charge in [-0.1, -0.05) is 6.92 Å². The minimum Gasteiger partial charge on any atom is -0.480 e. The normalized spacial score (nSPS) is 14.3. The number of likely N-dealkylation sites (N-methyl/N-ethyl adjacent to an activating group) is 1. The maximum Gasteiger partial charge on any atom is 0.391 e. The van der Waals surface area contributed by atoms with Crippen LogP contribution in [0.2, 0.25) is 0 Å². The van der Waals surface area contributed by atoms with E-state index in [0.29, 0.717) is 0 Å². The van der Waals surface area contributed by atoms with Crippen LogP contribution in [0.4, 0.5) is 13.2 Å². The van der Waals surface area contributed by atoms with Gasteiger partial charge >= 0.3 is 12.1 Å². The van der Waals surface area contributed by atoms with Crippen molar-refractivity contribution >= 4 is 5.97 Å². The van der Waals surface area contributed by atoms with Crippen molar-refractivity contribution in [2.24, 2.45) is 0 Å². The summed E-state index contributed by atoms with van der Waals surface area (Å²) in [5.41, 5.74) is 0. The predicted molar refractivity (Wildman–Crippen MR) is 35.8 cm³/mol. The minimum absolute atomic E-state index is 0.201. The fraction of sp³-hybridized carbons (Fsp3) is 0.833. The van der Waals surface area contributed by atoms with Gasteiger partial charge in [-0.2, -0.15) is 13.2 Å². The first-order valence-corrected chi connectivity index (χ1v) is 3.39. The summed E-state index contributed by atoms with van der Waals surface area (Å²) < 4.78 is 35.1. The SMILES string of the molecule is CCNC(CC(F)(F)F)C(=O)O. The molecule has 0 saturated heterocycles. The number of carbonyl (C=O) groups is 1. The third-order valence-corrected chi connectivity index (χ3v) is 1.18.